The van der Waals surface area contributed by atoms with E-state index in [0.717, 1.165) is 44.5 Å². The first-order valence-electron chi connectivity index (χ1n) is 42.5. The summed E-state index contributed by atoms with van der Waals surface area (Å²) in [4.78, 5) is 0. The summed E-state index contributed by atoms with van der Waals surface area (Å²) < 4.78 is 53.1. The summed E-state index contributed by atoms with van der Waals surface area (Å²) in [6.45, 7) is 59.3. The second-order valence-corrected chi connectivity index (χ2v) is 37.0. The van der Waals surface area contributed by atoms with Gasteiger partial charge in [-0.3, -0.25) is 0 Å². The molecule has 1 heterocycles. The molecule has 13 aromatic rings. The van der Waals surface area contributed by atoms with Crippen LogP contribution in [0, 0.1) is 89.9 Å². The van der Waals surface area contributed by atoms with E-state index in [1.807, 2.05) is 106 Å². The van der Waals surface area contributed by atoms with E-state index in [0.29, 0.717) is 11.1 Å². The van der Waals surface area contributed by atoms with Crippen LogP contribution in [0.5, 0.6) is 0 Å². The molecule has 0 fully saturated rings. The van der Waals surface area contributed by atoms with E-state index >= 15 is 0 Å². The van der Waals surface area contributed by atoms with Gasteiger partial charge in [-0.1, -0.05) is 377 Å². The number of para-hydroxylation sites is 1. The Morgan fingerprint density at radius 3 is 0.855 bits per heavy atom. The zero-order valence-electron chi connectivity index (χ0n) is 78.4. The molecule has 13 rings (SSSR count). The Bertz CT molecular complexity index is 5380. The van der Waals surface area contributed by atoms with Gasteiger partial charge in [-0.05, 0) is 262 Å². The molecule has 110 heavy (non-hydrogen) atoms. The third-order valence-electron chi connectivity index (χ3n) is 20.9. The predicted molar refractivity (Wildman–Crippen MR) is 487 cm³/mol. The van der Waals surface area contributed by atoms with Crippen molar-refractivity contribution in [2.24, 2.45) is 0 Å². The molecule has 0 bridgehead atoms. The molecule has 0 aliphatic carbocycles. The highest BCUT2D eigenvalue weighted by molar-refractivity contribution is 6.06. The van der Waals surface area contributed by atoms with Gasteiger partial charge in [0, 0.05) is 24.6 Å². The van der Waals surface area contributed by atoms with Gasteiger partial charge in [0.1, 0.15) is 11.2 Å². The third kappa shape index (κ3) is 22.4. The van der Waals surface area contributed by atoms with E-state index in [1.165, 1.54) is 128 Å². The Hall–Kier alpha value is -9.56. The monoisotopic (exact) mass is 1460 g/mol. The smallest absolute Gasteiger partial charge is 0.139 e. The molecule has 0 spiro atoms. The Morgan fingerprint density at radius 2 is 0.509 bits per heavy atom. The Kier molecular flexibility index (Phi) is 24.7. The second kappa shape index (κ2) is 35.2. The molecule has 0 N–H and O–H groups in total. The molecule has 1 heteroatoms. The maximum absolute atomic E-state index is 7.86. The summed E-state index contributed by atoms with van der Waals surface area (Å²) in [6, 6.07) is 82.8. The number of benzene rings is 12. The molecule has 0 aliphatic heterocycles. The number of furan rings is 1. The molecule has 0 saturated carbocycles. The van der Waals surface area contributed by atoms with Crippen molar-refractivity contribution in [3.05, 3.63) is 342 Å². The van der Waals surface area contributed by atoms with Gasteiger partial charge >= 0.3 is 0 Å². The highest BCUT2D eigenvalue weighted by Crippen LogP contribution is 2.41. The van der Waals surface area contributed by atoms with E-state index in [-0.39, 0.29) is 32.5 Å². The number of fused-ring (bicyclic) bond motifs is 3. The van der Waals surface area contributed by atoms with Crippen molar-refractivity contribution in [2.75, 3.05) is 0 Å². The number of aryl methyl sites for hydroxylation is 13. The van der Waals surface area contributed by atoms with E-state index in [4.69, 9.17) is 12.6 Å². The average Bonchev–Trinajstić information content (AvgIpc) is 1.67. The largest absolute Gasteiger partial charge is 0.456 e. The molecule has 0 saturated heterocycles. The van der Waals surface area contributed by atoms with Crippen LogP contribution in [0.25, 0.3) is 77.6 Å². The van der Waals surface area contributed by atoms with E-state index in [2.05, 4.69) is 332 Å². The van der Waals surface area contributed by atoms with Crippen molar-refractivity contribution < 1.29 is 12.6 Å². The van der Waals surface area contributed by atoms with Gasteiger partial charge in [-0.2, -0.15) is 0 Å². The van der Waals surface area contributed by atoms with Crippen LogP contribution in [0.3, 0.4) is 0 Å². The van der Waals surface area contributed by atoms with Crippen molar-refractivity contribution in [2.45, 2.75) is 247 Å². The summed E-state index contributed by atoms with van der Waals surface area (Å²) in [5.74, 6) is 0. The van der Waals surface area contributed by atoms with Crippen molar-refractivity contribution in [1.82, 2.24) is 0 Å². The lowest BCUT2D eigenvalue weighted by atomic mass is 9.81. The Labute approximate surface area is 675 Å². The second-order valence-electron chi connectivity index (χ2n) is 37.0. The predicted octanol–water partition coefficient (Wildman–Crippen LogP) is 32.1. The lowest BCUT2D eigenvalue weighted by Crippen LogP contribution is -2.13. The summed E-state index contributed by atoms with van der Waals surface area (Å²) in [5, 5.41) is 2.43. The zero-order chi connectivity index (χ0) is 86.3. The summed E-state index contributed by atoms with van der Waals surface area (Å²) in [7, 11) is 0. The lowest BCUT2D eigenvalue weighted by Gasteiger charge is -2.24. The van der Waals surface area contributed by atoms with Crippen LogP contribution in [0.4, 0.5) is 0 Å². The summed E-state index contributed by atoms with van der Waals surface area (Å²) in [6.07, 6.45) is 0. The maximum atomic E-state index is 7.86. The third-order valence-corrected chi connectivity index (χ3v) is 20.9. The van der Waals surface area contributed by atoms with Crippen LogP contribution < -0.4 is 0 Å². The van der Waals surface area contributed by atoms with Crippen LogP contribution >= 0.6 is 0 Å². The number of hydrogen-bond donors (Lipinski definition) is 0. The molecular weight excluding hydrogens is 1330 g/mol. The quantitative estimate of drug-likeness (QED) is 0.167. The molecular formula is C109H132O. The van der Waals surface area contributed by atoms with Gasteiger partial charge in [-0.25, -0.2) is 0 Å². The Balaban J connectivity index is 0.000000174. The van der Waals surface area contributed by atoms with Gasteiger partial charge in [0.25, 0.3) is 0 Å². The average molecular weight is 1460 g/mol. The first-order valence-corrected chi connectivity index (χ1v) is 39.5. The fraction of sp³-hybridized carbons (Fsp3) is 0.339. The normalized spacial score (nSPS) is 12.8. The molecule has 0 aliphatic rings. The van der Waals surface area contributed by atoms with Gasteiger partial charge < -0.3 is 4.42 Å². The molecule has 1 nitrogen and oxygen atoms in total. The molecule has 0 unspecified atom stereocenters. The van der Waals surface area contributed by atoms with Crippen LogP contribution in [-0.4, -0.2) is 0 Å². The zero-order valence-corrected chi connectivity index (χ0v) is 72.4. The minimum atomic E-state index is -2.11. The van der Waals surface area contributed by atoms with Gasteiger partial charge in [0.05, 0.1) is 0 Å². The number of rotatable bonds is 5. The van der Waals surface area contributed by atoms with Crippen LogP contribution in [0.2, 0.25) is 0 Å². The van der Waals surface area contributed by atoms with Crippen molar-refractivity contribution in [1.29, 1.82) is 0 Å². The highest BCUT2D eigenvalue weighted by Gasteiger charge is 2.25. The molecule has 574 valence electrons. The topological polar surface area (TPSA) is 13.1 Å². The molecule has 0 amide bonds. The minimum absolute atomic E-state index is 0.0130. The van der Waals surface area contributed by atoms with Gasteiger partial charge in [-0.15, -0.1) is 0 Å². The highest BCUT2D eigenvalue weighted by atomic mass is 16.3. The molecule has 0 atom stereocenters. The van der Waals surface area contributed by atoms with Crippen LogP contribution in [0.1, 0.15) is 239 Å². The standard InChI is InChI=1S/2C19H24.3C18H22.C17H18O/c2*1-13-7-9-16(10-8-13)17-12-18(19(4,5)6)15(3)11-14(17)2;2*1-13-6-9-15(10-7-13)16-11-8-14(2)17(12-16)18(3,4)5;1-13-11-14(2)17(18(3,4)5)12-16(13)15-9-7-6-8-10-15;1-11-9-10-13-12-7-5-6-8-14(12)18-16(13)15(11)17(2,3)4/h2*7-12H,1-6H3;3*6-12H,1-5H3;5-10H,1-4H3/i2D3;;;;1D3;. The van der Waals surface area contributed by atoms with Crippen LogP contribution in [0.15, 0.2) is 241 Å². The maximum Gasteiger partial charge on any atom is 0.139 e. The molecule has 0 radical (unpaired) electrons. The molecule has 1 aromatic heterocycles. The fourth-order valence-corrected chi connectivity index (χ4v) is 15.1. The van der Waals surface area contributed by atoms with Crippen molar-refractivity contribution in [3.8, 4) is 55.6 Å². The van der Waals surface area contributed by atoms with Crippen molar-refractivity contribution >= 4 is 21.9 Å². The van der Waals surface area contributed by atoms with Crippen molar-refractivity contribution in [3.63, 3.8) is 0 Å². The van der Waals surface area contributed by atoms with Crippen LogP contribution in [-0.2, 0) is 32.5 Å². The summed E-state index contributed by atoms with van der Waals surface area (Å²) >= 11 is 0. The lowest BCUT2D eigenvalue weighted by molar-refractivity contribution is 0.569. The fourth-order valence-electron chi connectivity index (χ4n) is 15.1. The number of hydrogen-bond acceptors (Lipinski definition) is 1. The summed E-state index contributed by atoms with van der Waals surface area (Å²) in [5.41, 5.74) is 36.9. The first-order chi connectivity index (χ1) is 53.6. The molecule has 12 aromatic carbocycles. The first kappa shape index (κ1) is 77.2. The van der Waals surface area contributed by atoms with Gasteiger partial charge in [0.15, 0.2) is 0 Å². The van der Waals surface area contributed by atoms with E-state index < -0.39 is 13.7 Å². The SMILES string of the molecule is Cc1ccc(-c2cc(C(C)(C)C)c(C)cc2C)cc1.Cc1ccc(-c2ccc(C)c(C(C)(C)C)c2)cc1.Cc1ccc(-c2ccc(C)c(C(C)(C)C)c2)cc1.Cc1ccc2c(oc3ccccc32)c1C(C)(C)C.[2H]C([2H])([2H])c1cc(C)c(C(C)(C)C)cc1-c1ccc(C)cc1.[2H]C([2H])([2H])c1cc(C)c(C(C)(C)C)cc1-c1ccccc1. The van der Waals surface area contributed by atoms with E-state index in [9.17, 15) is 0 Å². The van der Waals surface area contributed by atoms with Gasteiger partial charge in [0.2, 0.25) is 0 Å². The minimum Gasteiger partial charge on any atom is -0.456 e. The van der Waals surface area contributed by atoms with E-state index in [1.54, 1.807) is 0 Å². The Morgan fingerprint density at radius 1 is 0.218 bits per heavy atom.